The monoisotopic (exact) mass is 844 g/mol. The molecule has 5 rings (SSSR count). The summed E-state index contributed by atoms with van der Waals surface area (Å²) >= 11 is 3.42. The molecule has 0 heterocycles. The van der Waals surface area contributed by atoms with Crippen molar-refractivity contribution >= 4 is 51.3 Å². The number of nitrogens with zero attached hydrogens (tertiary/aromatic N) is 1. The van der Waals surface area contributed by atoms with Crippen LogP contribution < -0.4 is 5.32 Å². The number of allylic oxidation sites excluding steroid dienone is 1. The molecule has 4 aliphatic carbocycles. The maximum Gasteiger partial charge on any atom is 0.303 e. The van der Waals surface area contributed by atoms with Gasteiger partial charge in [-0.3, -0.25) is 24.0 Å². The summed E-state index contributed by atoms with van der Waals surface area (Å²) in [5, 5.41) is 25.9. The number of esters is 3. The minimum Gasteiger partial charge on any atom is -0.459 e. The van der Waals surface area contributed by atoms with Crippen molar-refractivity contribution in [2.24, 2.45) is 28.6 Å². The van der Waals surface area contributed by atoms with Crippen molar-refractivity contribution in [2.45, 2.75) is 156 Å². The minimum atomic E-state index is -1.42. The van der Waals surface area contributed by atoms with Crippen molar-refractivity contribution in [2.75, 3.05) is 11.9 Å². The first-order valence-corrected chi connectivity index (χ1v) is 20.8. The van der Waals surface area contributed by atoms with Crippen molar-refractivity contribution in [3.8, 4) is 0 Å². The second-order valence-corrected chi connectivity index (χ2v) is 19.0. The molecule has 2 amide bonds. The third-order valence-electron chi connectivity index (χ3n) is 13.5. The standard InChI is InChI=1S/C43H61BrN2O10/c1-24(47)46(23-39(51)45-29-12-10-28(44)11-13-29)34-20-30-31-14-15-37(43(9,53)38(56-27(4)50)17-18-40(5,6)52)41(31,7)19-16-32(30)42(8)22-36(55-26(3)49)35(21-33(34)42)54-25(2)48/h10-13,32-38,52-53H,14-23H2,1-9H3,(H,45,51)/t32-,33-,34+,35+,36-,37-,38+,41-,42+,43+/m0/s1. The average molecular weight is 846 g/mol. The second kappa shape index (κ2) is 16.5. The highest BCUT2D eigenvalue weighted by molar-refractivity contribution is 9.10. The van der Waals surface area contributed by atoms with Gasteiger partial charge in [0, 0.05) is 49.8 Å². The van der Waals surface area contributed by atoms with Gasteiger partial charge >= 0.3 is 17.9 Å². The van der Waals surface area contributed by atoms with Crippen LogP contribution >= 0.6 is 15.9 Å². The number of amides is 2. The van der Waals surface area contributed by atoms with Gasteiger partial charge in [0.15, 0.2) is 0 Å². The van der Waals surface area contributed by atoms with E-state index in [1.807, 2.05) is 12.1 Å². The van der Waals surface area contributed by atoms with Crippen LogP contribution in [0.2, 0.25) is 0 Å². The molecule has 310 valence electrons. The number of hydrogen-bond donors (Lipinski definition) is 3. The summed E-state index contributed by atoms with van der Waals surface area (Å²) in [5.41, 5.74) is -0.402. The van der Waals surface area contributed by atoms with E-state index in [1.165, 1.54) is 38.8 Å². The predicted molar refractivity (Wildman–Crippen MR) is 213 cm³/mol. The Morgan fingerprint density at radius 2 is 1.57 bits per heavy atom. The van der Waals surface area contributed by atoms with Crippen LogP contribution in [0.5, 0.6) is 0 Å². The van der Waals surface area contributed by atoms with E-state index in [-0.39, 0.29) is 42.5 Å². The van der Waals surface area contributed by atoms with E-state index in [0.717, 1.165) is 17.3 Å². The number of hydrogen-bond acceptors (Lipinski definition) is 10. The molecule has 1 aromatic rings. The number of halogens is 1. The molecular weight excluding hydrogens is 784 g/mol. The van der Waals surface area contributed by atoms with Gasteiger partial charge in [0.25, 0.3) is 0 Å². The SMILES string of the molecule is CC(=O)O[C@H]1C[C@]2(C)[C@H]3CC[C@@]4(C)C(=C3C[C@@H](N(CC(=O)Nc3ccc(Br)cc3)C(C)=O)[C@@H]2C[C@H]1OC(C)=O)CC[C@@H]4[C@@](C)(O)[C@@H](CCC(C)(C)O)OC(C)=O. The summed E-state index contributed by atoms with van der Waals surface area (Å²) < 4.78 is 18.4. The first-order chi connectivity index (χ1) is 26.0. The summed E-state index contributed by atoms with van der Waals surface area (Å²) in [5.74, 6) is -2.51. The van der Waals surface area contributed by atoms with Crippen molar-refractivity contribution in [1.29, 1.82) is 0 Å². The van der Waals surface area contributed by atoms with Crippen molar-refractivity contribution in [3.05, 3.63) is 39.9 Å². The molecule has 0 unspecified atom stereocenters. The molecule has 12 nitrogen and oxygen atoms in total. The fourth-order valence-corrected chi connectivity index (χ4v) is 11.5. The molecule has 3 fully saturated rings. The number of anilines is 1. The topological polar surface area (TPSA) is 169 Å². The number of rotatable bonds is 12. The lowest BCUT2D eigenvalue weighted by molar-refractivity contribution is -0.189. The Hall–Kier alpha value is -3.29. The number of carbonyl (C=O) groups is 5. The van der Waals surface area contributed by atoms with Gasteiger partial charge in [-0.2, -0.15) is 0 Å². The number of fused-ring (bicyclic) bond motifs is 4. The Bertz CT molecular complexity index is 1720. The molecule has 3 saturated carbocycles. The van der Waals surface area contributed by atoms with E-state index in [1.54, 1.807) is 37.8 Å². The lowest BCUT2D eigenvalue weighted by Gasteiger charge is -2.61. The third kappa shape index (κ3) is 9.20. The van der Waals surface area contributed by atoms with Crippen LogP contribution in [0.25, 0.3) is 0 Å². The van der Waals surface area contributed by atoms with Gasteiger partial charge in [0.05, 0.1) is 5.60 Å². The van der Waals surface area contributed by atoms with Gasteiger partial charge in [-0.15, -0.1) is 0 Å². The highest BCUT2D eigenvalue weighted by Crippen LogP contribution is 2.67. The minimum absolute atomic E-state index is 0.0386. The zero-order valence-corrected chi connectivity index (χ0v) is 36.0. The predicted octanol–water partition coefficient (Wildman–Crippen LogP) is 6.64. The van der Waals surface area contributed by atoms with E-state index in [0.29, 0.717) is 44.2 Å². The summed E-state index contributed by atoms with van der Waals surface area (Å²) in [4.78, 5) is 66.2. The Morgan fingerprint density at radius 1 is 0.946 bits per heavy atom. The largest absolute Gasteiger partial charge is 0.459 e. The van der Waals surface area contributed by atoms with Crippen molar-refractivity contribution in [3.63, 3.8) is 0 Å². The van der Waals surface area contributed by atoms with Crippen LogP contribution in [-0.4, -0.2) is 86.9 Å². The maximum atomic E-state index is 13.7. The van der Waals surface area contributed by atoms with Crippen LogP contribution in [0, 0.1) is 28.6 Å². The fourth-order valence-electron chi connectivity index (χ4n) is 11.2. The normalized spacial score (nSPS) is 31.4. The number of nitrogens with one attached hydrogen (secondary N) is 1. The molecule has 10 atom stereocenters. The summed E-state index contributed by atoms with van der Waals surface area (Å²) in [6.45, 7) is 14.8. The molecule has 0 aromatic heterocycles. The van der Waals surface area contributed by atoms with E-state index in [9.17, 15) is 34.2 Å². The van der Waals surface area contributed by atoms with Gasteiger partial charge in [-0.05, 0) is 125 Å². The van der Waals surface area contributed by atoms with Gasteiger partial charge in [0.2, 0.25) is 11.8 Å². The van der Waals surface area contributed by atoms with Crippen LogP contribution in [0.4, 0.5) is 5.69 Å². The second-order valence-electron chi connectivity index (χ2n) is 18.1. The van der Waals surface area contributed by atoms with E-state index < -0.39 is 64.3 Å². The Labute approximate surface area is 339 Å². The number of aliphatic hydroxyl groups is 2. The maximum absolute atomic E-state index is 13.7. The van der Waals surface area contributed by atoms with Gasteiger partial charge in [-0.1, -0.05) is 40.9 Å². The van der Waals surface area contributed by atoms with Gasteiger partial charge in [0.1, 0.15) is 30.5 Å². The van der Waals surface area contributed by atoms with Gasteiger partial charge in [-0.25, -0.2) is 0 Å². The molecular formula is C43H61BrN2O10. The van der Waals surface area contributed by atoms with Crippen LogP contribution in [0.1, 0.15) is 120 Å². The zero-order chi connectivity index (χ0) is 41.5. The van der Waals surface area contributed by atoms with Crippen LogP contribution in [0.15, 0.2) is 39.9 Å². The third-order valence-corrected chi connectivity index (χ3v) is 14.1. The molecule has 0 bridgehead atoms. The zero-order valence-electron chi connectivity index (χ0n) is 34.4. The summed E-state index contributed by atoms with van der Waals surface area (Å²) in [6.07, 6.45) is 2.45. The average Bonchev–Trinajstić information content (AvgIpc) is 3.44. The quantitative estimate of drug-likeness (QED) is 0.118. The summed E-state index contributed by atoms with van der Waals surface area (Å²) in [6, 6.07) is 6.75. The van der Waals surface area contributed by atoms with Crippen LogP contribution in [0.3, 0.4) is 0 Å². The fraction of sp³-hybridized carbons (Fsp3) is 0.698. The van der Waals surface area contributed by atoms with E-state index >= 15 is 0 Å². The highest BCUT2D eigenvalue weighted by Gasteiger charge is 2.63. The van der Waals surface area contributed by atoms with Crippen molar-refractivity contribution < 1.29 is 48.4 Å². The number of ether oxygens (including phenoxy) is 3. The number of benzene rings is 1. The molecule has 0 spiro atoms. The van der Waals surface area contributed by atoms with E-state index in [2.05, 4.69) is 35.1 Å². The Balaban J connectivity index is 1.58. The summed E-state index contributed by atoms with van der Waals surface area (Å²) in [7, 11) is 0. The molecule has 0 radical (unpaired) electrons. The molecule has 56 heavy (non-hydrogen) atoms. The molecule has 1 aromatic carbocycles. The lowest BCUT2D eigenvalue weighted by atomic mass is 9.47. The molecule has 0 aliphatic heterocycles. The molecule has 4 aliphatic rings. The molecule has 13 heteroatoms. The molecule has 3 N–H and O–H groups in total. The Morgan fingerprint density at radius 3 is 2.14 bits per heavy atom. The van der Waals surface area contributed by atoms with Crippen molar-refractivity contribution in [1.82, 2.24) is 4.90 Å². The smallest absolute Gasteiger partial charge is 0.303 e. The van der Waals surface area contributed by atoms with Gasteiger partial charge < -0.3 is 34.6 Å². The molecule has 0 saturated heterocycles. The number of carbonyl (C=O) groups excluding carboxylic acids is 5. The lowest BCUT2D eigenvalue weighted by Crippen LogP contribution is -2.62. The Kier molecular flexibility index (Phi) is 12.9. The first-order valence-electron chi connectivity index (χ1n) is 20.0. The highest BCUT2D eigenvalue weighted by atomic mass is 79.9. The van der Waals surface area contributed by atoms with E-state index in [4.69, 9.17) is 14.2 Å². The first kappa shape index (κ1) is 43.8. The van der Waals surface area contributed by atoms with Crippen LogP contribution in [-0.2, 0) is 38.2 Å².